The van der Waals surface area contributed by atoms with Gasteiger partial charge in [0.15, 0.2) is 6.29 Å². The number of aromatic nitrogens is 2. The van der Waals surface area contributed by atoms with Crippen LogP contribution in [-0.2, 0) is 20.8 Å². The summed E-state index contributed by atoms with van der Waals surface area (Å²) in [4.78, 5) is 32.4. The smallest absolute Gasteiger partial charge is 0.254 e. The molecule has 2 aromatic heterocycles. The maximum atomic E-state index is 13.6. The maximum Gasteiger partial charge on any atom is 0.254 e. The molecule has 0 radical (unpaired) electrons. The molecule has 0 bridgehead atoms. The summed E-state index contributed by atoms with van der Waals surface area (Å²) < 4.78 is 20.2. The lowest BCUT2D eigenvalue weighted by Crippen LogP contribution is -2.74. The van der Waals surface area contributed by atoms with E-state index >= 15 is 0 Å². The monoisotopic (exact) mass is 552 g/mol. The first-order valence-corrected chi connectivity index (χ1v) is 14.8. The molecule has 10 heteroatoms. The molecule has 3 saturated heterocycles. The van der Waals surface area contributed by atoms with Gasteiger partial charge in [-0.15, -0.1) is 11.8 Å². The zero-order chi connectivity index (χ0) is 27.3. The summed E-state index contributed by atoms with van der Waals surface area (Å²) in [5.41, 5.74) is 3.78. The summed E-state index contributed by atoms with van der Waals surface area (Å²) in [5, 5.41) is 3.87. The molecular formula is C29H36N4O5S. The molecule has 208 valence electrons. The molecule has 5 heterocycles. The van der Waals surface area contributed by atoms with Crippen molar-refractivity contribution in [2.24, 2.45) is 0 Å². The lowest BCUT2D eigenvalue weighted by Gasteiger charge is -2.60. The number of nitrogens with one attached hydrogen (secondary N) is 2. The Bertz CT molecular complexity index is 1450. The summed E-state index contributed by atoms with van der Waals surface area (Å²) >= 11 is 1.50. The minimum Gasteiger partial charge on any atom is -0.377 e. The van der Waals surface area contributed by atoms with E-state index in [0.29, 0.717) is 24.3 Å². The first-order chi connectivity index (χ1) is 18.8. The van der Waals surface area contributed by atoms with Crippen LogP contribution in [0.4, 0.5) is 0 Å². The SMILES string of the molecule is CSc1cc(C)[nH]c(=O)c1CNC(=O)c1c(C)n([C@@H](C)C2OCC(N3CCC34COC4)CO2)c2ccccc12. The Morgan fingerprint density at radius 1 is 1.23 bits per heavy atom. The summed E-state index contributed by atoms with van der Waals surface area (Å²) in [5.74, 6) is -0.210. The Morgan fingerprint density at radius 2 is 1.97 bits per heavy atom. The predicted molar refractivity (Wildman–Crippen MR) is 150 cm³/mol. The van der Waals surface area contributed by atoms with E-state index in [0.717, 1.165) is 46.9 Å². The van der Waals surface area contributed by atoms with Crippen LogP contribution in [0.1, 0.15) is 46.7 Å². The van der Waals surface area contributed by atoms with Crippen molar-refractivity contribution in [1.29, 1.82) is 0 Å². The van der Waals surface area contributed by atoms with Gasteiger partial charge in [0.1, 0.15) is 0 Å². The van der Waals surface area contributed by atoms with Crippen LogP contribution >= 0.6 is 11.8 Å². The Kier molecular flexibility index (Phi) is 7.09. The number of likely N-dealkylation sites (tertiary alicyclic amines) is 1. The summed E-state index contributed by atoms with van der Waals surface area (Å²) in [6, 6.07) is 9.95. The largest absolute Gasteiger partial charge is 0.377 e. The van der Waals surface area contributed by atoms with E-state index in [9.17, 15) is 9.59 Å². The zero-order valence-electron chi connectivity index (χ0n) is 22.9. The number of carbonyl (C=O) groups excluding carboxylic acids is 1. The van der Waals surface area contributed by atoms with Crippen LogP contribution in [0.15, 0.2) is 40.0 Å². The van der Waals surface area contributed by atoms with Gasteiger partial charge in [0.05, 0.1) is 49.6 Å². The van der Waals surface area contributed by atoms with Crippen molar-refractivity contribution in [3.8, 4) is 0 Å². The van der Waals surface area contributed by atoms with Crippen LogP contribution in [0.2, 0.25) is 0 Å². The van der Waals surface area contributed by atoms with Crippen LogP contribution < -0.4 is 10.9 Å². The second-order valence-corrected chi connectivity index (χ2v) is 11.8. The lowest BCUT2D eigenvalue weighted by molar-refractivity contribution is -0.267. The van der Waals surface area contributed by atoms with Crippen molar-refractivity contribution in [3.63, 3.8) is 0 Å². The summed E-state index contributed by atoms with van der Waals surface area (Å²) in [6.07, 6.45) is 2.69. The average molecular weight is 553 g/mol. The molecule has 1 amide bonds. The number of carbonyl (C=O) groups is 1. The van der Waals surface area contributed by atoms with E-state index < -0.39 is 6.29 Å². The molecule has 0 unspecified atom stereocenters. The van der Waals surface area contributed by atoms with Gasteiger partial charge in [-0.05, 0) is 45.6 Å². The molecule has 1 spiro atoms. The van der Waals surface area contributed by atoms with E-state index in [1.807, 2.05) is 50.4 Å². The zero-order valence-corrected chi connectivity index (χ0v) is 23.7. The predicted octanol–water partition coefficient (Wildman–Crippen LogP) is 3.38. The van der Waals surface area contributed by atoms with Crippen molar-refractivity contribution in [3.05, 3.63) is 63.2 Å². The van der Waals surface area contributed by atoms with Crippen molar-refractivity contribution in [1.82, 2.24) is 19.8 Å². The number of aryl methyl sites for hydroxylation is 1. The molecule has 1 aromatic carbocycles. The Labute approximate surface area is 232 Å². The first kappa shape index (κ1) is 26.6. The van der Waals surface area contributed by atoms with E-state index in [4.69, 9.17) is 14.2 Å². The number of hydrogen-bond donors (Lipinski definition) is 2. The molecule has 2 N–H and O–H groups in total. The van der Waals surface area contributed by atoms with Gasteiger partial charge < -0.3 is 29.1 Å². The van der Waals surface area contributed by atoms with Gasteiger partial charge in [0.2, 0.25) is 0 Å². The number of ether oxygens (including phenoxy) is 3. The van der Waals surface area contributed by atoms with E-state index in [1.165, 1.54) is 18.2 Å². The normalized spacial score (nSPS) is 23.4. The van der Waals surface area contributed by atoms with Crippen molar-refractivity contribution >= 4 is 28.6 Å². The fraction of sp³-hybridized carbons (Fsp3) is 0.517. The molecule has 9 nitrogen and oxygen atoms in total. The summed E-state index contributed by atoms with van der Waals surface area (Å²) in [6.45, 7) is 9.95. The number of pyridine rings is 1. The lowest BCUT2D eigenvalue weighted by atomic mass is 9.81. The quantitative estimate of drug-likeness (QED) is 0.434. The van der Waals surface area contributed by atoms with Crippen molar-refractivity contribution < 1.29 is 19.0 Å². The second kappa shape index (κ2) is 10.4. The third-order valence-corrected chi connectivity index (χ3v) is 9.38. The first-order valence-electron chi connectivity index (χ1n) is 13.5. The Morgan fingerprint density at radius 3 is 2.62 bits per heavy atom. The third-order valence-electron chi connectivity index (χ3n) is 8.58. The average Bonchev–Trinajstić information content (AvgIpc) is 3.17. The van der Waals surface area contributed by atoms with Gasteiger partial charge in [-0.25, -0.2) is 0 Å². The Balaban J connectivity index is 1.21. The number of fused-ring (bicyclic) bond motifs is 1. The van der Waals surface area contributed by atoms with Gasteiger partial charge in [0, 0.05) is 45.8 Å². The van der Waals surface area contributed by atoms with Crippen molar-refractivity contribution in [2.75, 3.05) is 39.2 Å². The van der Waals surface area contributed by atoms with Crippen LogP contribution in [0, 0.1) is 13.8 Å². The molecule has 6 rings (SSSR count). The van der Waals surface area contributed by atoms with E-state index in [2.05, 4.69) is 26.7 Å². The third kappa shape index (κ3) is 4.52. The number of H-pyrrole nitrogens is 1. The Hall–Kier alpha value is -2.63. The van der Waals surface area contributed by atoms with Gasteiger partial charge in [-0.3, -0.25) is 14.5 Å². The molecular weight excluding hydrogens is 516 g/mol. The van der Waals surface area contributed by atoms with Gasteiger partial charge >= 0.3 is 0 Å². The number of nitrogens with zero attached hydrogens (tertiary/aromatic N) is 2. The number of benzene rings is 1. The maximum absolute atomic E-state index is 13.6. The van der Waals surface area contributed by atoms with Crippen molar-refractivity contribution in [2.45, 2.75) is 62.5 Å². The number of rotatable bonds is 7. The fourth-order valence-electron chi connectivity index (χ4n) is 6.36. The van der Waals surface area contributed by atoms with E-state index in [-0.39, 0.29) is 35.6 Å². The van der Waals surface area contributed by atoms with E-state index in [1.54, 1.807) is 0 Å². The highest BCUT2D eigenvalue weighted by atomic mass is 32.2. The molecule has 3 fully saturated rings. The summed E-state index contributed by atoms with van der Waals surface area (Å²) in [7, 11) is 0. The minimum atomic E-state index is -0.420. The van der Waals surface area contributed by atoms with Gasteiger partial charge in [-0.1, -0.05) is 18.2 Å². The van der Waals surface area contributed by atoms with Gasteiger partial charge in [0.25, 0.3) is 11.5 Å². The number of hydrogen-bond acceptors (Lipinski definition) is 7. The standard InChI is InChI=1S/C29H36N4O5S/c1-17-11-24(39-4)22(26(34)31-17)12-30-27(35)25-18(2)33(23-8-6-5-7-21(23)25)19(3)28-37-13-20(14-38-28)32-10-9-29(32)15-36-16-29/h5-8,11,19-20,28H,9-10,12-16H2,1-4H3,(H,30,35)(H,31,34)/t19-,20?,28?/m0/s1. The molecule has 3 aromatic rings. The highest BCUT2D eigenvalue weighted by molar-refractivity contribution is 7.98. The number of aromatic amines is 1. The topological polar surface area (TPSA) is 97.8 Å². The number of para-hydroxylation sites is 1. The second-order valence-electron chi connectivity index (χ2n) is 10.9. The highest BCUT2D eigenvalue weighted by Gasteiger charge is 2.54. The molecule has 3 aliphatic rings. The molecule has 3 aliphatic heterocycles. The number of amides is 1. The molecule has 1 atom stereocenters. The van der Waals surface area contributed by atoms with Crippen LogP contribution in [-0.4, -0.2) is 77.5 Å². The molecule has 0 saturated carbocycles. The van der Waals surface area contributed by atoms with Gasteiger partial charge in [-0.2, -0.15) is 0 Å². The minimum absolute atomic E-state index is 0.141. The highest BCUT2D eigenvalue weighted by Crippen LogP contribution is 2.40. The van der Waals surface area contributed by atoms with Crippen LogP contribution in [0.25, 0.3) is 10.9 Å². The van der Waals surface area contributed by atoms with Crippen LogP contribution in [0.3, 0.4) is 0 Å². The number of thioether (sulfide) groups is 1. The molecule has 39 heavy (non-hydrogen) atoms. The van der Waals surface area contributed by atoms with Crippen LogP contribution in [0.5, 0.6) is 0 Å². The fourth-order valence-corrected chi connectivity index (χ4v) is 7.06. The molecule has 0 aliphatic carbocycles.